The van der Waals surface area contributed by atoms with E-state index >= 15 is 0 Å². The summed E-state index contributed by atoms with van der Waals surface area (Å²) in [6.45, 7) is 4.31. The molecule has 0 fully saturated rings. The molecule has 2 rings (SSSR count). The number of anilines is 1. The molecule has 0 aliphatic rings. The highest BCUT2D eigenvalue weighted by Gasteiger charge is 2.08. The predicted octanol–water partition coefficient (Wildman–Crippen LogP) is 1.02. The van der Waals surface area contributed by atoms with Gasteiger partial charge in [0, 0.05) is 0 Å². The van der Waals surface area contributed by atoms with Gasteiger partial charge in [0.25, 0.3) is 11.9 Å². The quantitative estimate of drug-likeness (QED) is 0.869. The number of para-hydroxylation sites is 1. The number of benzene rings is 1. The number of hydrogen-bond acceptors (Lipinski definition) is 5. The molecule has 0 spiro atoms. The Hall–Kier alpha value is -2.44. The highest BCUT2D eigenvalue weighted by Crippen LogP contribution is 2.15. The molecule has 0 atom stereocenters. The summed E-state index contributed by atoms with van der Waals surface area (Å²) in [4.78, 5) is 13.0. The molecule has 0 aliphatic carbocycles. The lowest BCUT2D eigenvalue weighted by Crippen LogP contribution is -2.21. The SMILES string of the molecule is CCn1nnc(NC(=O)COc2ccccc2C)n1. The van der Waals surface area contributed by atoms with Crippen molar-refractivity contribution in [2.75, 3.05) is 11.9 Å². The van der Waals surface area contributed by atoms with Gasteiger partial charge >= 0.3 is 0 Å². The topological polar surface area (TPSA) is 81.9 Å². The fourth-order valence-electron chi connectivity index (χ4n) is 1.45. The van der Waals surface area contributed by atoms with Gasteiger partial charge in [0.1, 0.15) is 5.75 Å². The molecule has 0 radical (unpaired) electrons. The van der Waals surface area contributed by atoms with E-state index in [1.54, 1.807) is 0 Å². The number of carbonyl (C=O) groups excluding carboxylic acids is 1. The predicted molar refractivity (Wildman–Crippen MR) is 68.8 cm³/mol. The molecule has 0 saturated carbocycles. The van der Waals surface area contributed by atoms with Crippen molar-refractivity contribution in [3.63, 3.8) is 0 Å². The molecular weight excluding hydrogens is 246 g/mol. The van der Waals surface area contributed by atoms with E-state index in [9.17, 15) is 4.79 Å². The number of aryl methyl sites for hydroxylation is 2. The van der Waals surface area contributed by atoms with Crippen LogP contribution >= 0.6 is 0 Å². The molecule has 100 valence electrons. The van der Waals surface area contributed by atoms with Gasteiger partial charge in [-0.15, -0.1) is 5.10 Å². The Morgan fingerprint density at radius 1 is 1.42 bits per heavy atom. The second kappa shape index (κ2) is 5.94. The van der Waals surface area contributed by atoms with Crippen LogP contribution in [0.3, 0.4) is 0 Å². The molecule has 19 heavy (non-hydrogen) atoms. The third-order valence-corrected chi connectivity index (χ3v) is 2.44. The van der Waals surface area contributed by atoms with Crippen LogP contribution in [-0.4, -0.2) is 32.7 Å². The first-order chi connectivity index (χ1) is 9.19. The lowest BCUT2D eigenvalue weighted by Gasteiger charge is -2.07. The van der Waals surface area contributed by atoms with Crippen LogP contribution in [0.25, 0.3) is 0 Å². The van der Waals surface area contributed by atoms with Gasteiger partial charge in [-0.2, -0.15) is 4.80 Å². The van der Waals surface area contributed by atoms with E-state index in [2.05, 4.69) is 20.7 Å². The average molecular weight is 261 g/mol. The van der Waals surface area contributed by atoms with Crippen LogP contribution in [0.5, 0.6) is 5.75 Å². The average Bonchev–Trinajstić information content (AvgIpc) is 2.85. The van der Waals surface area contributed by atoms with Crippen LogP contribution in [0.1, 0.15) is 12.5 Å². The summed E-state index contributed by atoms with van der Waals surface area (Å²) in [5.74, 6) is 0.543. The van der Waals surface area contributed by atoms with Crippen molar-refractivity contribution in [3.05, 3.63) is 29.8 Å². The molecule has 1 amide bonds. The number of carbonyl (C=O) groups is 1. The van der Waals surface area contributed by atoms with Crippen molar-refractivity contribution in [3.8, 4) is 5.75 Å². The van der Waals surface area contributed by atoms with Gasteiger partial charge in [0.2, 0.25) is 0 Å². The first-order valence-electron chi connectivity index (χ1n) is 5.95. The Bertz CT molecular complexity index is 567. The third kappa shape index (κ3) is 3.51. The van der Waals surface area contributed by atoms with Crippen LogP contribution in [0.2, 0.25) is 0 Å². The minimum absolute atomic E-state index is 0.0917. The highest BCUT2D eigenvalue weighted by molar-refractivity contribution is 5.90. The number of rotatable bonds is 5. The second-order valence-electron chi connectivity index (χ2n) is 3.90. The molecule has 7 nitrogen and oxygen atoms in total. The minimum Gasteiger partial charge on any atom is -0.483 e. The Morgan fingerprint density at radius 2 is 2.21 bits per heavy atom. The molecule has 0 unspecified atom stereocenters. The Morgan fingerprint density at radius 3 is 2.89 bits per heavy atom. The van der Waals surface area contributed by atoms with Crippen LogP contribution < -0.4 is 10.1 Å². The molecule has 1 aromatic heterocycles. The van der Waals surface area contributed by atoms with Crippen LogP contribution in [-0.2, 0) is 11.3 Å². The number of nitrogens with one attached hydrogen (secondary N) is 1. The smallest absolute Gasteiger partial charge is 0.270 e. The summed E-state index contributed by atoms with van der Waals surface area (Å²) in [7, 11) is 0. The van der Waals surface area contributed by atoms with E-state index in [-0.39, 0.29) is 18.5 Å². The number of amides is 1. The number of hydrogen-bond donors (Lipinski definition) is 1. The van der Waals surface area contributed by atoms with Crippen molar-refractivity contribution in [1.82, 2.24) is 20.2 Å². The molecular formula is C12H15N5O2. The van der Waals surface area contributed by atoms with Crippen molar-refractivity contribution < 1.29 is 9.53 Å². The normalized spacial score (nSPS) is 10.2. The molecule has 1 N–H and O–H groups in total. The first-order valence-corrected chi connectivity index (χ1v) is 5.95. The van der Waals surface area contributed by atoms with E-state index in [4.69, 9.17) is 4.74 Å². The van der Waals surface area contributed by atoms with Crippen LogP contribution in [0.15, 0.2) is 24.3 Å². The lowest BCUT2D eigenvalue weighted by molar-refractivity contribution is -0.118. The van der Waals surface area contributed by atoms with Gasteiger partial charge < -0.3 is 4.74 Å². The van der Waals surface area contributed by atoms with Gasteiger partial charge in [-0.05, 0) is 30.7 Å². The Labute approximate surface area is 110 Å². The fourth-order valence-corrected chi connectivity index (χ4v) is 1.45. The third-order valence-electron chi connectivity index (χ3n) is 2.44. The maximum Gasteiger partial charge on any atom is 0.270 e. The summed E-state index contributed by atoms with van der Waals surface area (Å²) in [6, 6.07) is 7.50. The van der Waals surface area contributed by atoms with Crippen molar-refractivity contribution in [2.24, 2.45) is 0 Å². The zero-order valence-corrected chi connectivity index (χ0v) is 10.8. The molecule has 1 heterocycles. The highest BCUT2D eigenvalue weighted by atomic mass is 16.5. The van der Waals surface area contributed by atoms with E-state index in [0.29, 0.717) is 12.3 Å². The summed E-state index contributed by atoms with van der Waals surface area (Å²) in [5.41, 5.74) is 0.977. The van der Waals surface area contributed by atoms with Crippen LogP contribution in [0, 0.1) is 6.92 Å². The molecule has 0 bridgehead atoms. The maximum atomic E-state index is 11.6. The van der Waals surface area contributed by atoms with Crippen molar-refractivity contribution in [1.29, 1.82) is 0 Å². The first kappa shape index (κ1) is 13.0. The number of aromatic nitrogens is 4. The summed E-state index contributed by atoms with van der Waals surface area (Å²) >= 11 is 0. The monoisotopic (exact) mass is 261 g/mol. The second-order valence-corrected chi connectivity index (χ2v) is 3.90. The summed E-state index contributed by atoms with van der Waals surface area (Å²) in [6.07, 6.45) is 0. The van der Waals surface area contributed by atoms with Crippen molar-refractivity contribution >= 4 is 11.9 Å². The maximum absolute atomic E-state index is 11.6. The van der Waals surface area contributed by atoms with Gasteiger partial charge in [-0.1, -0.05) is 23.3 Å². The van der Waals surface area contributed by atoms with Gasteiger partial charge in [-0.3, -0.25) is 10.1 Å². The number of nitrogens with zero attached hydrogens (tertiary/aromatic N) is 4. The van der Waals surface area contributed by atoms with Gasteiger partial charge in [0.05, 0.1) is 6.54 Å². The molecule has 0 saturated heterocycles. The zero-order valence-electron chi connectivity index (χ0n) is 10.8. The zero-order chi connectivity index (χ0) is 13.7. The van der Waals surface area contributed by atoms with E-state index in [0.717, 1.165) is 5.56 Å². The largest absolute Gasteiger partial charge is 0.483 e. The fraction of sp³-hybridized carbons (Fsp3) is 0.333. The molecule has 2 aromatic rings. The summed E-state index contributed by atoms with van der Waals surface area (Å²) in [5, 5.41) is 13.9. The van der Waals surface area contributed by atoms with Gasteiger partial charge in [-0.25, -0.2) is 0 Å². The Kier molecular flexibility index (Phi) is 4.07. The van der Waals surface area contributed by atoms with E-state index in [1.807, 2.05) is 38.1 Å². The molecule has 0 aliphatic heterocycles. The molecule has 1 aromatic carbocycles. The van der Waals surface area contributed by atoms with E-state index < -0.39 is 0 Å². The molecule has 7 heteroatoms. The van der Waals surface area contributed by atoms with E-state index in [1.165, 1.54) is 4.80 Å². The standard InChI is InChI=1S/C12H15N5O2/c1-3-17-15-12(14-16-17)13-11(18)8-19-10-7-5-4-6-9(10)2/h4-7H,3,8H2,1-2H3,(H,13,15,18). The number of ether oxygens (including phenoxy) is 1. The van der Waals surface area contributed by atoms with Crippen molar-refractivity contribution in [2.45, 2.75) is 20.4 Å². The Balaban J connectivity index is 1.86. The minimum atomic E-state index is -0.320. The summed E-state index contributed by atoms with van der Waals surface area (Å²) < 4.78 is 5.41. The van der Waals surface area contributed by atoms with Crippen LogP contribution in [0.4, 0.5) is 5.95 Å². The number of tetrazole rings is 1. The lowest BCUT2D eigenvalue weighted by atomic mass is 10.2. The van der Waals surface area contributed by atoms with Gasteiger partial charge in [0.15, 0.2) is 6.61 Å².